The first kappa shape index (κ1) is 17.5. The Labute approximate surface area is 140 Å². The molecule has 1 aliphatic carbocycles. The van der Waals surface area contributed by atoms with E-state index in [-0.39, 0.29) is 23.0 Å². The van der Waals surface area contributed by atoms with Crippen LogP contribution in [0.5, 0.6) is 0 Å². The Morgan fingerprint density at radius 2 is 2.08 bits per heavy atom. The number of hydrogen-bond acceptors (Lipinski definition) is 5. The van der Waals surface area contributed by atoms with Gasteiger partial charge in [-0.05, 0) is 24.8 Å². The van der Waals surface area contributed by atoms with E-state index in [1.54, 1.807) is 6.07 Å². The van der Waals surface area contributed by atoms with Gasteiger partial charge in [-0.15, -0.1) is 0 Å². The molecule has 0 saturated heterocycles. The highest BCUT2D eigenvalue weighted by molar-refractivity contribution is 6.07. The molecule has 0 aliphatic heterocycles. The molecule has 0 radical (unpaired) electrons. The Morgan fingerprint density at radius 1 is 1.38 bits per heavy atom. The molecule has 1 aromatic rings. The average molecular weight is 328 g/mol. The summed E-state index contributed by atoms with van der Waals surface area (Å²) in [5, 5.41) is 25.7. The Kier molecular flexibility index (Phi) is 5.90. The number of nitro benzene ring substituents is 1. The van der Waals surface area contributed by atoms with Crippen molar-refractivity contribution in [3.05, 3.63) is 46.2 Å². The van der Waals surface area contributed by atoms with E-state index >= 15 is 0 Å². The highest BCUT2D eigenvalue weighted by atomic mass is 16.6. The zero-order valence-electron chi connectivity index (χ0n) is 13.5. The van der Waals surface area contributed by atoms with Gasteiger partial charge >= 0.3 is 0 Å². The first-order valence-electron chi connectivity index (χ1n) is 7.94. The van der Waals surface area contributed by atoms with Crippen molar-refractivity contribution in [2.24, 2.45) is 5.92 Å². The molecule has 0 aromatic heterocycles. The summed E-state index contributed by atoms with van der Waals surface area (Å²) in [5.41, 5.74) is -0.248. The molecule has 1 fully saturated rings. The van der Waals surface area contributed by atoms with Gasteiger partial charge in [-0.25, -0.2) is 0 Å². The van der Waals surface area contributed by atoms with Crippen LogP contribution in [0.1, 0.15) is 32.6 Å². The van der Waals surface area contributed by atoms with E-state index < -0.39 is 10.8 Å². The van der Waals surface area contributed by atoms with Crippen molar-refractivity contribution < 1.29 is 9.72 Å². The molecule has 2 rings (SSSR count). The minimum Gasteiger partial charge on any atom is -0.387 e. The summed E-state index contributed by atoms with van der Waals surface area (Å²) in [4.78, 5) is 22.6. The molecular weight excluding hydrogens is 308 g/mol. The third-order valence-corrected chi connectivity index (χ3v) is 4.27. The third kappa shape index (κ3) is 4.32. The number of anilines is 1. The first-order chi connectivity index (χ1) is 11.5. The van der Waals surface area contributed by atoms with Gasteiger partial charge in [0.1, 0.15) is 17.3 Å². The van der Waals surface area contributed by atoms with Gasteiger partial charge in [-0.3, -0.25) is 14.9 Å². The first-order valence-corrected chi connectivity index (χ1v) is 7.94. The van der Waals surface area contributed by atoms with Gasteiger partial charge in [-0.2, -0.15) is 5.26 Å². The third-order valence-electron chi connectivity index (χ3n) is 4.27. The van der Waals surface area contributed by atoms with E-state index in [4.69, 9.17) is 0 Å². The van der Waals surface area contributed by atoms with Crippen LogP contribution < -0.4 is 10.6 Å². The molecule has 1 aromatic carbocycles. The van der Waals surface area contributed by atoms with Crippen LogP contribution in [0.2, 0.25) is 0 Å². The lowest BCUT2D eigenvalue weighted by molar-refractivity contribution is -0.383. The lowest BCUT2D eigenvalue weighted by atomic mass is 9.86. The standard InChI is InChI=1S/C17H20N4O3/c1-12-6-2-3-7-14(12)19-11-13(10-18)17(22)20-15-8-4-5-9-16(15)21(23)24/h4-5,8-9,11-12,14,19H,2-3,6-7H2,1H3,(H,20,22)/b13-11-. The van der Waals surface area contributed by atoms with Crippen molar-refractivity contribution in [2.45, 2.75) is 38.6 Å². The molecular formula is C17H20N4O3. The summed E-state index contributed by atoms with van der Waals surface area (Å²) >= 11 is 0. The average Bonchev–Trinajstić information content (AvgIpc) is 2.57. The highest BCUT2D eigenvalue weighted by Crippen LogP contribution is 2.25. The van der Waals surface area contributed by atoms with Crippen LogP contribution in [-0.2, 0) is 4.79 Å². The van der Waals surface area contributed by atoms with Crippen LogP contribution in [0.25, 0.3) is 0 Å². The van der Waals surface area contributed by atoms with Gasteiger partial charge in [0.25, 0.3) is 11.6 Å². The quantitative estimate of drug-likeness (QED) is 0.374. The van der Waals surface area contributed by atoms with Crippen LogP contribution in [-0.4, -0.2) is 16.9 Å². The molecule has 1 amide bonds. The molecule has 7 nitrogen and oxygen atoms in total. The predicted octanol–water partition coefficient (Wildman–Crippen LogP) is 3.11. The molecule has 0 bridgehead atoms. The topological polar surface area (TPSA) is 108 Å². The second kappa shape index (κ2) is 8.11. The van der Waals surface area contributed by atoms with Gasteiger partial charge in [0, 0.05) is 18.3 Å². The maximum Gasteiger partial charge on any atom is 0.292 e. The van der Waals surface area contributed by atoms with Crippen molar-refractivity contribution in [3.63, 3.8) is 0 Å². The van der Waals surface area contributed by atoms with Crippen LogP contribution in [0, 0.1) is 27.4 Å². The van der Waals surface area contributed by atoms with E-state index in [1.807, 2.05) is 6.07 Å². The van der Waals surface area contributed by atoms with E-state index in [0.717, 1.165) is 19.3 Å². The summed E-state index contributed by atoms with van der Waals surface area (Å²) in [7, 11) is 0. The molecule has 0 spiro atoms. The Balaban J connectivity index is 2.08. The largest absolute Gasteiger partial charge is 0.387 e. The minimum atomic E-state index is -0.664. The SMILES string of the molecule is CC1CCCCC1N/C=C(/C#N)C(=O)Nc1ccccc1[N+](=O)[O-]. The highest BCUT2D eigenvalue weighted by Gasteiger charge is 2.21. The number of hydrogen-bond donors (Lipinski definition) is 2. The number of benzene rings is 1. The Hall–Kier alpha value is -2.88. The van der Waals surface area contributed by atoms with E-state index in [0.29, 0.717) is 5.92 Å². The summed E-state index contributed by atoms with van der Waals surface area (Å²) in [6.45, 7) is 2.14. The summed E-state index contributed by atoms with van der Waals surface area (Å²) in [6, 6.07) is 7.91. The second-order valence-electron chi connectivity index (χ2n) is 5.93. The summed E-state index contributed by atoms with van der Waals surface area (Å²) in [5.74, 6) is -0.184. The smallest absolute Gasteiger partial charge is 0.292 e. The zero-order chi connectivity index (χ0) is 17.5. The maximum absolute atomic E-state index is 12.2. The number of carbonyl (C=O) groups excluding carboxylic acids is 1. The van der Waals surface area contributed by atoms with Gasteiger partial charge in [0.2, 0.25) is 0 Å². The number of nitriles is 1. The van der Waals surface area contributed by atoms with Gasteiger partial charge in [-0.1, -0.05) is 31.9 Å². The number of carbonyl (C=O) groups is 1. The normalized spacial score (nSPS) is 20.8. The molecule has 24 heavy (non-hydrogen) atoms. The molecule has 1 aliphatic rings. The number of rotatable bonds is 5. The van der Waals surface area contributed by atoms with Crippen molar-refractivity contribution in [3.8, 4) is 6.07 Å². The number of amides is 1. The molecule has 126 valence electrons. The number of nitro groups is 1. The molecule has 0 heterocycles. The van der Waals surface area contributed by atoms with Crippen LogP contribution in [0.4, 0.5) is 11.4 Å². The van der Waals surface area contributed by atoms with Crippen LogP contribution in [0.3, 0.4) is 0 Å². The predicted molar refractivity (Wildman–Crippen MR) is 90.0 cm³/mol. The zero-order valence-corrected chi connectivity index (χ0v) is 13.5. The summed E-state index contributed by atoms with van der Waals surface area (Å²) in [6.07, 6.45) is 5.86. The lowest BCUT2D eigenvalue weighted by Crippen LogP contribution is -2.34. The van der Waals surface area contributed by atoms with Crippen LogP contribution >= 0.6 is 0 Å². The fourth-order valence-electron chi connectivity index (χ4n) is 2.83. The number of nitrogens with zero attached hydrogens (tertiary/aromatic N) is 2. The number of nitrogens with one attached hydrogen (secondary N) is 2. The van der Waals surface area contributed by atoms with Gasteiger partial charge in [0.05, 0.1) is 4.92 Å². The fraction of sp³-hybridized carbons (Fsp3) is 0.412. The van der Waals surface area contributed by atoms with Crippen molar-refractivity contribution in [1.82, 2.24) is 5.32 Å². The Morgan fingerprint density at radius 3 is 2.75 bits per heavy atom. The molecule has 7 heteroatoms. The Bertz CT molecular complexity index is 693. The van der Waals surface area contributed by atoms with Gasteiger partial charge in [0.15, 0.2) is 0 Å². The van der Waals surface area contributed by atoms with Crippen molar-refractivity contribution in [2.75, 3.05) is 5.32 Å². The minimum absolute atomic E-state index is 0.0692. The van der Waals surface area contributed by atoms with E-state index in [9.17, 15) is 20.2 Å². The van der Waals surface area contributed by atoms with Crippen molar-refractivity contribution in [1.29, 1.82) is 5.26 Å². The second-order valence-corrected chi connectivity index (χ2v) is 5.93. The monoisotopic (exact) mass is 328 g/mol. The molecule has 2 unspecified atom stereocenters. The number of para-hydroxylation sites is 2. The lowest BCUT2D eigenvalue weighted by Gasteiger charge is -2.29. The molecule has 2 atom stereocenters. The van der Waals surface area contributed by atoms with E-state index in [1.165, 1.54) is 30.8 Å². The van der Waals surface area contributed by atoms with Crippen LogP contribution in [0.15, 0.2) is 36.0 Å². The molecule has 1 saturated carbocycles. The van der Waals surface area contributed by atoms with E-state index in [2.05, 4.69) is 17.6 Å². The maximum atomic E-state index is 12.2. The van der Waals surface area contributed by atoms with Crippen molar-refractivity contribution >= 4 is 17.3 Å². The van der Waals surface area contributed by atoms with Gasteiger partial charge < -0.3 is 10.6 Å². The fourth-order valence-corrected chi connectivity index (χ4v) is 2.83. The molecule has 2 N–H and O–H groups in total. The summed E-state index contributed by atoms with van der Waals surface area (Å²) < 4.78 is 0.